The van der Waals surface area contributed by atoms with Gasteiger partial charge in [-0.2, -0.15) is 0 Å². The normalized spacial score (nSPS) is 26.3. The van der Waals surface area contributed by atoms with E-state index in [9.17, 15) is 0 Å². The largest absolute Gasteiger partial charge is 0.328 e. The fraction of sp³-hybridized carbons (Fsp3) is 0.538. The van der Waals surface area contributed by atoms with E-state index in [1.54, 1.807) is 0 Å². The maximum absolute atomic E-state index is 5.70. The summed E-state index contributed by atoms with van der Waals surface area (Å²) in [5.41, 5.74) is 7.17. The Balaban J connectivity index is 1.72. The van der Waals surface area contributed by atoms with Gasteiger partial charge in [-0.05, 0) is 31.9 Å². The summed E-state index contributed by atoms with van der Waals surface area (Å²) in [6.45, 7) is 3.11. The summed E-state index contributed by atoms with van der Waals surface area (Å²) in [5, 5.41) is 3.56. The first-order chi connectivity index (χ1) is 7.27. The molecule has 3 N–H and O–H groups in total. The van der Waals surface area contributed by atoms with Crippen molar-refractivity contribution in [3.63, 3.8) is 0 Å². The van der Waals surface area contributed by atoms with Crippen molar-refractivity contribution in [1.82, 2.24) is 5.32 Å². The van der Waals surface area contributed by atoms with Gasteiger partial charge < -0.3 is 11.1 Å². The summed E-state index contributed by atoms with van der Waals surface area (Å²) in [6.07, 6.45) is 2.35. The van der Waals surface area contributed by atoms with Gasteiger partial charge in [-0.3, -0.25) is 0 Å². The third kappa shape index (κ3) is 3.05. The molecule has 0 aromatic heterocycles. The molecule has 1 fully saturated rings. The van der Waals surface area contributed by atoms with Crippen molar-refractivity contribution < 1.29 is 0 Å². The monoisotopic (exact) mass is 204 g/mol. The van der Waals surface area contributed by atoms with E-state index in [2.05, 4.69) is 42.6 Å². The van der Waals surface area contributed by atoms with E-state index in [0.717, 1.165) is 18.9 Å². The second-order valence-electron chi connectivity index (χ2n) is 4.58. The van der Waals surface area contributed by atoms with Gasteiger partial charge in [0.25, 0.3) is 0 Å². The molecular formula is C13H20N2. The first-order valence-corrected chi connectivity index (χ1v) is 5.81. The highest BCUT2D eigenvalue weighted by molar-refractivity contribution is 5.27. The van der Waals surface area contributed by atoms with Gasteiger partial charge in [0, 0.05) is 18.0 Å². The van der Waals surface area contributed by atoms with E-state index in [1.165, 1.54) is 12.0 Å². The van der Waals surface area contributed by atoms with Crippen molar-refractivity contribution >= 4 is 0 Å². The number of benzene rings is 1. The summed E-state index contributed by atoms with van der Waals surface area (Å²) in [6, 6.07) is 11.7. The highest BCUT2D eigenvalue weighted by atomic mass is 15.0. The van der Waals surface area contributed by atoms with E-state index in [-0.39, 0.29) is 0 Å². The molecule has 0 radical (unpaired) electrons. The van der Waals surface area contributed by atoms with Crippen molar-refractivity contribution in [2.24, 2.45) is 5.73 Å². The van der Waals surface area contributed by atoms with Crippen LogP contribution in [0.15, 0.2) is 30.3 Å². The molecule has 0 spiro atoms. The molecule has 0 aliphatic heterocycles. The molecule has 15 heavy (non-hydrogen) atoms. The maximum atomic E-state index is 5.70. The van der Waals surface area contributed by atoms with Crippen LogP contribution in [0.4, 0.5) is 0 Å². The number of rotatable bonds is 5. The van der Waals surface area contributed by atoms with Crippen molar-refractivity contribution in [2.45, 2.75) is 37.8 Å². The van der Waals surface area contributed by atoms with Crippen LogP contribution in [0.2, 0.25) is 0 Å². The standard InChI is InChI=1S/C13H20N2/c1-10(14)7-8-15-13-9-12(13)11-5-3-2-4-6-11/h2-6,10,12-13,15H,7-9,14H2,1H3. The molecule has 3 atom stereocenters. The van der Waals surface area contributed by atoms with Crippen molar-refractivity contribution in [3.8, 4) is 0 Å². The second-order valence-corrected chi connectivity index (χ2v) is 4.58. The molecule has 1 aromatic rings. The van der Waals surface area contributed by atoms with Crippen LogP contribution in [-0.2, 0) is 0 Å². The molecule has 82 valence electrons. The second kappa shape index (κ2) is 4.77. The van der Waals surface area contributed by atoms with Crippen LogP contribution >= 0.6 is 0 Å². The average Bonchev–Trinajstić information content (AvgIpc) is 2.98. The van der Waals surface area contributed by atoms with Crippen LogP contribution < -0.4 is 11.1 Å². The fourth-order valence-electron chi connectivity index (χ4n) is 1.99. The fourth-order valence-corrected chi connectivity index (χ4v) is 1.99. The lowest BCUT2D eigenvalue weighted by Crippen LogP contribution is -2.25. The molecule has 2 rings (SSSR count). The lowest BCUT2D eigenvalue weighted by Gasteiger charge is -2.06. The van der Waals surface area contributed by atoms with Gasteiger partial charge in [-0.15, -0.1) is 0 Å². The molecule has 0 saturated heterocycles. The van der Waals surface area contributed by atoms with Crippen molar-refractivity contribution in [2.75, 3.05) is 6.54 Å². The zero-order valence-corrected chi connectivity index (χ0v) is 9.32. The van der Waals surface area contributed by atoms with E-state index in [4.69, 9.17) is 5.73 Å². The Kier molecular flexibility index (Phi) is 3.39. The summed E-state index contributed by atoms with van der Waals surface area (Å²) < 4.78 is 0. The van der Waals surface area contributed by atoms with Gasteiger partial charge in [0.1, 0.15) is 0 Å². The summed E-state index contributed by atoms with van der Waals surface area (Å²) in [7, 11) is 0. The van der Waals surface area contributed by atoms with Crippen LogP contribution in [0.3, 0.4) is 0 Å². The minimum Gasteiger partial charge on any atom is -0.328 e. The van der Waals surface area contributed by atoms with Gasteiger partial charge in [-0.25, -0.2) is 0 Å². The predicted octanol–water partition coefficient (Wildman–Crippen LogP) is 1.87. The highest BCUT2D eigenvalue weighted by Crippen LogP contribution is 2.40. The quantitative estimate of drug-likeness (QED) is 0.768. The Bertz CT molecular complexity index is 295. The highest BCUT2D eigenvalue weighted by Gasteiger charge is 2.37. The van der Waals surface area contributed by atoms with Crippen LogP contribution in [0, 0.1) is 0 Å². The van der Waals surface area contributed by atoms with E-state index in [1.807, 2.05) is 0 Å². The van der Waals surface area contributed by atoms with Gasteiger partial charge in [0.2, 0.25) is 0 Å². The van der Waals surface area contributed by atoms with Crippen molar-refractivity contribution in [1.29, 1.82) is 0 Å². The van der Waals surface area contributed by atoms with Crippen LogP contribution in [-0.4, -0.2) is 18.6 Å². The molecule has 0 bridgehead atoms. The minimum absolute atomic E-state index is 0.312. The molecule has 1 aliphatic carbocycles. The lowest BCUT2D eigenvalue weighted by atomic mass is 10.1. The van der Waals surface area contributed by atoms with E-state index in [0.29, 0.717) is 12.1 Å². The Hall–Kier alpha value is -0.860. The van der Waals surface area contributed by atoms with Gasteiger partial charge in [0.15, 0.2) is 0 Å². The number of nitrogens with one attached hydrogen (secondary N) is 1. The van der Waals surface area contributed by atoms with E-state index >= 15 is 0 Å². The van der Waals surface area contributed by atoms with Gasteiger partial charge in [-0.1, -0.05) is 30.3 Å². The number of hydrogen-bond donors (Lipinski definition) is 2. The molecule has 1 aliphatic rings. The Labute approximate surface area is 91.9 Å². The molecule has 2 heteroatoms. The lowest BCUT2D eigenvalue weighted by molar-refractivity contribution is 0.581. The SMILES string of the molecule is CC(N)CCNC1CC1c1ccccc1. The smallest absolute Gasteiger partial charge is 0.0143 e. The Morgan fingerprint density at radius 2 is 2.13 bits per heavy atom. The average molecular weight is 204 g/mol. The van der Waals surface area contributed by atoms with Gasteiger partial charge in [0.05, 0.1) is 0 Å². The summed E-state index contributed by atoms with van der Waals surface area (Å²) in [4.78, 5) is 0. The Morgan fingerprint density at radius 3 is 2.80 bits per heavy atom. The third-order valence-corrected chi connectivity index (χ3v) is 3.02. The number of hydrogen-bond acceptors (Lipinski definition) is 2. The summed E-state index contributed by atoms with van der Waals surface area (Å²) in [5.74, 6) is 0.735. The van der Waals surface area contributed by atoms with Crippen LogP contribution in [0.1, 0.15) is 31.2 Å². The molecule has 0 heterocycles. The predicted molar refractivity (Wildman–Crippen MR) is 63.9 cm³/mol. The first-order valence-electron chi connectivity index (χ1n) is 5.81. The molecular weight excluding hydrogens is 184 g/mol. The molecule has 1 saturated carbocycles. The van der Waals surface area contributed by atoms with Crippen molar-refractivity contribution in [3.05, 3.63) is 35.9 Å². The molecule has 1 aromatic carbocycles. The minimum atomic E-state index is 0.312. The van der Waals surface area contributed by atoms with Crippen LogP contribution in [0.25, 0.3) is 0 Å². The third-order valence-electron chi connectivity index (χ3n) is 3.02. The topological polar surface area (TPSA) is 38.0 Å². The zero-order valence-electron chi connectivity index (χ0n) is 9.32. The van der Waals surface area contributed by atoms with E-state index < -0.39 is 0 Å². The summed E-state index contributed by atoms with van der Waals surface area (Å²) >= 11 is 0. The zero-order chi connectivity index (χ0) is 10.7. The number of nitrogens with two attached hydrogens (primary N) is 1. The van der Waals surface area contributed by atoms with Gasteiger partial charge >= 0.3 is 0 Å². The molecule has 3 unspecified atom stereocenters. The molecule has 2 nitrogen and oxygen atoms in total. The van der Waals surface area contributed by atoms with Crippen LogP contribution in [0.5, 0.6) is 0 Å². The first kappa shape index (κ1) is 10.7. The molecule has 0 amide bonds. The maximum Gasteiger partial charge on any atom is 0.0143 e. The Morgan fingerprint density at radius 1 is 1.40 bits per heavy atom.